The summed E-state index contributed by atoms with van der Waals surface area (Å²) in [4.78, 5) is 60.2. The molecular weight excluding hydrogens is 594 g/mol. The van der Waals surface area contributed by atoms with Crippen LogP contribution in [0, 0.1) is 5.41 Å². The highest BCUT2D eigenvalue weighted by molar-refractivity contribution is 7.85. The van der Waals surface area contributed by atoms with E-state index in [9.17, 15) is 27.6 Å². The van der Waals surface area contributed by atoms with Gasteiger partial charge in [0.05, 0.1) is 24.7 Å². The Morgan fingerprint density at radius 1 is 1.14 bits per heavy atom. The van der Waals surface area contributed by atoms with Gasteiger partial charge in [-0.3, -0.25) is 18.6 Å². The maximum atomic E-state index is 13.2. The van der Waals surface area contributed by atoms with Gasteiger partial charge in [-0.15, -0.1) is 11.3 Å². The van der Waals surface area contributed by atoms with Crippen molar-refractivity contribution in [1.82, 2.24) is 14.6 Å². The highest BCUT2D eigenvalue weighted by atomic mass is 32.2. The first-order valence-corrected chi connectivity index (χ1v) is 15.3. The summed E-state index contributed by atoms with van der Waals surface area (Å²) in [5.74, 6) is -3.32. The lowest BCUT2D eigenvalue weighted by atomic mass is 9.95. The van der Waals surface area contributed by atoms with Crippen molar-refractivity contribution < 1.29 is 46.1 Å². The lowest BCUT2D eigenvalue weighted by molar-refractivity contribution is -0.179. The minimum atomic E-state index is -4.61. The average Bonchev–Trinajstić information content (AvgIpc) is 3.29. The molecule has 0 radical (unpaired) electrons. The van der Waals surface area contributed by atoms with Crippen LogP contribution < -0.4 is 11.1 Å². The number of ether oxygens (including phenoxy) is 2. The molecule has 2 amide bonds. The van der Waals surface area contributed by atoms with E-state index in [2.05, 4.69) is 15.5 Å². The molecule has 1 aliphatic rings. The maximum Gasteiger partial charge on any atom is 0.365 e. The van der Waals surface area contributed by atoms with Gasteiger partial charge in [0, 0.05) is 5.38 Å². The third-order valence-electron chi connectivity index (χ3n) is 5.66. The molecule has 42 heavy (non-hydrogen) atoms. The van der Waals surface area contributed by atoms with Crippen LogP contribution in [0.15, 0.2) is 10.5 Å². The lowest BCUT2D eigenvalue weighted by Gasteiger charge is -2.43. The molecule has 1 aliphatic heterocycles. The van der Waals surface area contributed by atoms with Crippen LogP contribution in [-0.2, 0) is 48.0 Å². The summed E-state index contributed by atoms with van der Waals surface area (Å²) in [7, 11) is -4.61. The van der Waals surface area contributed by atoms with E-state index in [1.54, 1.807) is 20.8 Å². The second kappa shape index (κ2) is 12.9. The number of nitrogens with zero attached hydrogens (tertiary/aromatic N) is 3. The molecular formula is C25H39N5O10S2. The van der Waals surface area contributed by atoms with Gasteiger partial charge < -0.3 is 25.4 Å². The number of β-lactam (4-membered cyclic amide) rings is 1. The van der Waals surface area contributed by atoms with Gasteiger partial charge in [0.15, 0.2) is 10.8 Å². The van der Waals surface area contributed by atoms with Crippen molar-refractivity contribution in [3.63, 3.8) is 0 Å². The summed E-state index contributed by atoms with van der Waals surface area (Å²) < 4.78 is 41.4. The fraction of sp³-hybridized carbons (Fsp3) is 0.680. The van der Waals surface area contributed by atoms with E-state index >= 15 is 0 Å². The zero-order chi connectivity index (χ0) is 32.3. The van der Waals surface area contributed by atoms with Crippen molar-refractivity contribution in [2.45, 2.75) is 92.0 Å². The van der Waals surface area contributed by atoms with Crippen molar-refractivity contribution in [3.8, 4) is 0 Å². The van der Waals surface area contributed by atoms with Gasteiger partial charge in [-0.1, -0.05) is 12.1 Å². The van der Waals surface area contributed by atoms with Crippen LogP contribution in [-0.4, -0.2) is 83.7 Å². The molecule has 2 heterocycles. The van der Waals surface area contributed by atoms with E-state index in [1.165, 1.54) is 40.0 Å². The lowest BCUT2D eigenvalue weighted by Crippen LogP contribution is -2.71. The second-order valence-electron chi connectivity index (χ2n) is 11.7. The van der Waals surface area contributed by atoms with Crippen LogP contribution >= 0.6 is 11.3 Å². The van der Waals surface area contributed by atoms with E-state index in [4.69, 9.17) is 24.2 Å². The number of nitrogen functional groups attached to an aromatic ring is 1. The molecule has 3 N–H and O–H groups in total. The van der Waals surface area contributed by atoms with Crippen molar-refractivity contribution in [1.29, 1.82) is 0 Å². The van der Waals surface area contributed by atoms with Gasteiger partial charge >= 0.3 is 22.2 Å². The molecule has 0 aliphatic carbocycles. The minimum absolute atomic E-state index is 0.000541. The van der Waals surface area contributed by atoms with Crippen molar-refractivity contribution in [3.05, 3.63) is 11.1 Å². The number of esters is 2. The molecule has 236 valence electrons. The summed E-state index contributed by atoms with van der Waals surface area (Å²) in [5, 5.41) is 7.78. The standard InChI is InChI=1S/C25H39N5O10S2/c1-10-11-37-20(33)24(6,7)13-38-42(35,36)30-14(2)16(19(30)32)28-18(31)17(15-12-41-22(26)27-15)29-40-25(8,9)21(34)39-23(3,4)5/h12,14,16H,10-11,13H2,1-9H3,(H2,26,27)(H,28,31)/b29-17+/t14-,16-/m0/s1. The van der Waals surface area contributed by atoms with E-state index in [1.807, 2.05) is 6.92 Å². The number of aromatic nitrogens is 1. The zero-order valence-corrected chi connectivity index (χ0v) is 26.8. The Hall–Kier alpha value is -3.31. The van der Waals surface area contributed by atoms with E-state index < -0.39 is 75.1 Å². The molecule has 1 aromatic heterocycles. The molecule has 0 aromatic carbocycles. The van der Waals surface area contributed by atoms with Crippen LogP contribution in [0.2, 0.25) is 0 Å². The molecule has 2 atom stereocenters. The molecule has 17 heteroatoms. The van der Waals surface area contributed by atoms with E-state index in [0.29, 0.717) is 10.7 Å². The first-order valence-electron chi connectivity index (χ1n) is 13.0. The van der Waals surface area contributed by atoms with Crippen LogP contribution in [0.5, 0.6) is 0 Å². The quantitative estimate of drug-likeness (QED) is 0.137. The molecule has 2 rings (SSSR count). The highest BCUT2D eigenvalue weighted by Gasteiger charge is 2.53. The molecule has 0 unspecified atom stereocenters. The molecule has 0 spiro atoms. The van der Waals surface area contributed by atoms with Crippen LogP contribution in [0.3, 0.4) is 0 Å². The summed E-state index contributed by atoms with van der Waals surface area (Å²) in [6.07, 6.45) is 0.587. The number of rotatable bonds is 13. The van der Waals surface area contributed by atoms with Crippen LogP contribution in [0.25, 0.3) is 0 Å². The van der Waals surface area contributed by atoms with Gasteiger partial charge in [-0.05, 0) is 61.8 Å². The van der Waals surface area contributed by atoms with Crippen LogP contribution in [0.1, 0.15) is 74.4 Å². The SMILES string of the molecule is CCCOC(=O)C(C)(C)COS(=O)(=O)N1C(=O)[C@@H](NC(=O)/C(=N/OC(C)(C)C(=O)OC(C)(C)C)c2csc(N)n2)[C@@H]1C. The predicted octanol–water partition coefficient (Wildman–Crippen LogP) is 1.52. The number of nitrogens with one attached hydrogen (secondary N) is 1. The topological polar surface area (TPSA) is 206 Å². The number of amides is 2. The predicted molar refractivity (Wildman–Crippen MR) is 152 cm³/mol. The van der Waals surface area contributed by atoms with Gasteiger partial charge in [0.25, 0.3) is 11.8 Å². The molecule has 1 saturated heterocycles. The summed E-state index contributed by atoms with van der Waals surface area (Å²) in [6, 6.07) is -2.33. The Labute approximate surface area is 249 Å². The number of carbonyl (C=O) groups is 4. The number of oxime groups is 1. The normalized spacial score (nSPS) is 18.3. The van der Waals surface area contributed by atoms with Crippen molar-refractivity contribution in [2.24, 2.45) is 10.6 Å². The third kappa shape index (κ3) is 8.61. The Morgan fingerprint density at radius 3 is 2.26 bits per heavy atom. The number of hydrogen-bond donors (Lipinski definition) is 2. The highest BCUT2D eigenvalue weighted by Crippen LogP contribution is 2.28. The summed E-state index contributed by atoms with van der Waals surface area (Å²) in [5.41, 5.74) is 1.56. The van der Waals surface area contributed by atoms with E-state index in [-0.39, 0.29) is 17.4 Å². The summed E-state index contributed by atoms with van der Waals surface area (Å²) >= 11 is 1.01. The smallest absolute Gasteiger partial charge is 0.365 e. The molecule has 1 fully saturated rings. The number of thiazole rings is 1. The Balaban J connectivity index is 2.17. The maximum absolute atomic E-state index is 13.2. The van der Waals surface area contributed by atoms with Gasteiger partial charge in [0.2, 0.25) is 5.60 Å². The Kier molecular flexibility index (Phi) is 10.7. The van der Waals surface area contributed by atoms with Crippen molar-refractivity contribution >= 4 is 56.2 Å². The first-order chi connectivity index (χ1) is 19.1. The van der Waals surface area contributed by atoms with Gasteiger partial charge in [0.1, 0.15) is 17.3 Å². The molecule has 0 bridgehead atoms. The van der Waals surface area contributed by atoms with E-state index in [0.717, 1.165) is 11.3 Å². The van der Waals surface area contributed by atoms with Crippen molar-refractivity contribution in [2.75, 3.05) is 18.9 Å². The van der Waals surface area contributed by atoms with Gasteiger partial charge in [-0.2, -0.15) is 8.42 Å². The summed E-state index contributed by atoms with van der Waals surface area (Å²) in [6.45, 7) is 13.5. The molecule has 1 aromatic rings. The molecule has 0 saturated carbocycles. The zero-order valence-electron chi connectivity index (χ0n) is 25.2. The Bertz CT molecular complexity index is 1330. The number of nitrogens with two attached hydrogens (primary N) is 1. The average molecular weight is 634 g/mol. The second-order valence-corrected chi connectivity index (χ2v) is 14.1. The monoisotopic (exact) mass is 633 g/mol. The number of hydrogen-bond acceptors (Lipinski definition) is 14. The largest absolute Gasteiger partial charge is 0.465 e. The number of anilines is 1. The van der Waals surface area contributed by atoms with Gasteiger partial charge in [-0.25, -0.2) is 14.1 Å². The van der Waals surface area contributed by atoms with Crippen LogP contribution in [0.4, 0.5) is 5.13 Å². The molecule has 15 nitrogen and oxygen atoms in total. The fourth-order valence-corrected chi connectivity index (χ4v) is 5.20. The minimum Gasteiger partial charge on any atom is -0.465 e. The fourth-order valence-electron chi connectivity index (χ4n) is 3.23. The number of carbonyl (C=O) groups excluding carboxylic acids is 4. The first kappa shape index (κ1) is 34.9. The third-order valence-corrected chi connectivity index (χ3v) is 7.74. The Morgan fingerprint density at radius 2 is 1.76 bits per heavy atom.